The number of hydrogen-bond acceptors (Lipinski definition) is 5. The zero-order valence-corrected chi connectivity index (χ0v) is 18.7. The average Bonchev–Trinajstić information content (AvgIpc) is 3.15. The van der Waals surface area contributed by atoms with E-state index >= 15 is 0 Å². The van der Waals surface area contributed by atoms with Gasteiger partial charge in [0.25, 0.3) is 5.91 Å². The van der Waals surface area contributed by atoms with Crippen molar-refractivity contribution in [1.29, 1.82) is 0 Å². The topological polar surface area (TPSA) is 88.9 Å². The molecule has 2 aromatic carbocycles. The molecule has 0 radical (unpaired) electrons. The fourth-order valence-electron chi connectivity index (χ4n) is 2.62. The molecular weight excluding hydrogens is 457 g/mol. The molecule has 0 atom stereocenters. The van der Waals surface area contributed by atoms with Crippen LogP contribution in [0, 0.1) is 0 Å². The molecule has 3 rings (SSSR count). The number of halogens is 2. The number of carbonyl (C=O) groups excluding carboxylic acids is 2. The van der Waals surface area contributed by atoms with E-state index in [2.05, 4.69) is 27.4 Å². The van der Waals surface area contributed by atoms with Crippen LogP contribution in [0.15, 0.2) is 66.3 Å². The average molecular weight is 476 g/mol. The molecule has 2 N–H and O–H groups in total. The van der Waals surface area contributed by atoms with E-state index < -0.39 is 0 Å². The lowest BCUT2D eigenvalue weighted by Crippen LogP contribution is -2.24. The Hall–Kier alpha value is -2.81. The van der Waals surface area contributed by atoms with Crippen LogP contribution in [0.2, 0.25) is 10.0 Å². The van der Waals surface area contributed by atoms with Crippen LogP contribution in [0.25, 0.3) is 0 Å². The molecule has 0 aliphatic rings. The van der Waals surface area contributed by atoms with Crippen molar-refractivity contribution < 1.29 is 9.59 Å². The van der Waals surface area contributed by atoms with Gasteiger partial charge in [-0.3, -0.25) is 9.59 Å². The predicted molar refractivity (Wildman–Crippen MR) is 124 cm³/mol. The minimum absolute atomic E-state index is 0.117. The van der Waals surface area contributed by atoms with Gasteiger partial charge in [0, 0.05) is 17.8 Å². The maximum atomic E-state index is 12.3. The lowest BCUT2D eigenvalue weighted by Gasteiger charge is -2.09. The molecule has 0 saturated heterocycles. The standard InChI is InChI=1S/C21H19Cl2N5O2S/c1-2-10-28-18(12-24-20(30)14-6-4-3-5-7-14)26-27-21(28)31-13-19(29)25-15-8-9-16(22)17(23)11-15/h2-9,11H,1,10,12-13H2,(H,24,30)(H,25,29). The van der Waals surface area contributed by atoms with Crippen LogP contribution >= 0.6 is 35.0 Å². The highest BCUT2D eigenvalue weighted by molar-refractivity contribution is 7.99. The summed E-state index contributed by atoms with van der Waals surface area (Å²) in [5, 5.41) is 15.2. The summed E-state index contributed by atoms with van der Waals surface area (Å²) in [4.78, 5) is 24.6. The first kappa shape index (κ1) is 22.9. The van der Waals surface area contributed by atoms with E-state index in [9.17, 15) is 9.59 Å². The van der Waals surface area contributed by atoms with E-state index in [1.165, 1.54) is 11.8 Å². The summed E-state index contributed by atoms with van der Waals surface area (Å²) < 4.78 is 1.80. The molecular formula is C21H19Cl2N5O2S. The number of nitrogens with zero attached hydrogens (tertiary/aromatic N) is 3. The molecule has 160 valence electrons. The molecule has 0 bridgehead atoms. The highest BCUT2D eigenvalue weighted by Gasteiger charge is 2.15. The van der Waals surface area contributed by atoms with Crippen molar-refractivity contribution in [3.8, 4) is 0 Å². The molecule has 1 aromatic heterocycles. The number of rotatable bonds is 9. The minimum Gasteiger partial charge on any atom is -0.345 e. The van der Waals surface area contributed by atoms with Crippen LogP contribution in [0.4, 0.5) is 5.69 Å². The Morgan fingerprint density at radius 1 is 1.10 bits per heavy atom. The quantitative estimate of drug-likeness (QED) is 0.352. The molecule has 31 heavy (non-hydrogen) atoms. The number of amides is 2. The van der Waals surface area contributed by atoms with Crippen molar-refractivity contribution in [3.05, 3.63) is 82.6 Å². The van der Waals surface area contributed by atoms with Crippen molar-refractivity contribution >= 4 is 52.5 Å². The highest BCUT2D eigenvalue weighted by atomic mass is 35.5. The van der Waals surface area contributed by atoms with Gasteiger partial charge in [-0.25, -0.2) is 0 Å². The maximum Gasteiger partial charge on any atom is 0.251 e. The number of carbonyl (C=O) groups is 2. The van der Waals surface area contributed by atoms with Crippen LogP contribution in [-0.4, -0.2) is 32.3 Å². The van der Waals surface area contributed by atoms with Crippen molar-refractivity contribution in [2.75, 3.05) is 11.1 Å². The number of aromatic nitrogens is 3. The molecule has 7 nitrogen and oxygen atoms in total. The van der Waals surface area contributed by atoms with Gasteiger partial charge in [0.2, 0.25) is 5.91 Å². The Bertz CT molecular complexity index is 1090. The first-order chi connectivity index (χ1) is 15.0. The number of allylic oxidation sites excluding steroid dienone is 1. The third-order valence-electron chi connectivity index (χ3n) is 4.08. The molecule has 0 spiro atoms. The van der Waals surface area contributed by atoms with Crippen LogP contribution in [0.3, 0.4) is 0 Å². The summed E-state index contributed by atoms with van der Waals surface area (Å²) in [6.45, 7) is 4.40. The smallest absolute Gasteiger partial charge is 0.251 e. The predicted octanol–water partition coefficient (Wildman–Crippen LogP) is 4.43. The van der Waals surface area contributed by atoms with Crippen LogP contribution in [-0.2, 0) is 17.9 Å². The Balaban J connectivity index is 1.60. The van der Waals surface area contributed by atoms with Crippen molar-refractivity contribution in [2.45, 2.75) is 18.2 Å². The van der Waals surface area contributed by atoms with Gasteiger partial charge in [0.05, 0.1) is 22.3 Å². The van der Waals surface area contributed by atoms with Crippen LogP contribution in [0.5, 0.6) is 0 Å². The van der Waals surface area contributed by atoms with Gasteiger partial charge in [-0.2, -0.15) is 0 Å². The second kappa shape index (κ2) is 11.0. The zero-order chi connectivity index (χ0) is 22.2. The van der Waals surface area contributed by atoms with Crippen molar-refractivity contribution in [1.82, 2.24) is 20.1 Å². The van der Waals surface area contributed by atoms with Gasteiger partial charge in [-0.05, 0) is 30.3 Å². The van der Waals surface area contributed by atoms with Crippen molar-refractivity contribution in [2.24, 2.45) is 0 Å². The molecule has 0 aliphatic carbocycles. The van der Waals surface area contributed by atoms with Gasteiger partial charge in [0.15, 0.2) is 11.0 Å². The lowest BCUT2D eigenvalue weighted by molar-refractivity contribution is -0.113. The maximum absolute atomic E-state index is 12.3. The fraction of sp³-hybridized carbons (Fsp3) is 0.143. The number of thioether (sulfide) groups is 1. The molecule has 0 fully saturated rings. The molecule has 0 saturated carbocycles. The highest BCUT2D eigenvalue weighted by Crippen LogP contribution is 2.25. The van der Waals surface area contributed by atoms with Gasteiger partial charge < -0.3 is 15.2 Å². The van der Waals surface area contributed by atoms with Crippen LogP contribution in [0.1, 0.15) is 16.2 Å². The van der Waals surface area contributed by atoms with E-state index in [0.717, 1.165) is 0 Å². The van der Waals surface area contributed by atoms with Gasteiger partial charge >= 0.3 is 0 Å². The van der Waals surface area contributed by atoms with E-state index in [4.69, 9.17) is 23.2 Å². The third-order valence-corrected chi connectivity index (χ3v) is 5.79. The SMILES string of the molecule is C=CCn1c(CNC(=O)c2ccccc2)nnc1SCC(=O)Nc1ccc(Cl)c(Cl)c1. The number of hydrogen-bond donors (Lipinski definition) is 2. The molecule has 1 heterocycles. The largest absolute Gasteiger partial charge is 0.345 e. The molecule has 3 aromatic rings. The van der Waals surface area contributed by atoms with E-state index in [1.807, 2.05) is 6.07 Å². The first-order valence-electron chi connectivity index (χ1n) is 9.22. The molecule has 0 unspecified atom stereocenters. The summed E-state index contributed by atoms with van der Waals surface area (Å²) >= 11 is 13.1. The normalized spacial score (nSPS) is 10.5. The molecule has 2 amide bonds. The van der Waals surface area contributed by atoms with Crippen LogP contribution < -0.4 is 10.6 Å². The summed E-state index contributed by atoms with van der Waals surface area (Å²) in [5.74, 6) is 0.252. The van der Waals surface area contributed by atoms with Gasteiger partial charge in [-0.1, -0.05) is 59.2 Å². The molecule has 0 aliphatic heterocycles. The van der Waals surface area contributed by atoms with Gasteiger partial charge in [0.1, 0.15) is 0 Å². The summed E-state index contributed by atoms with van der Waals surface area (Å²) in [6, 6.07) is 13.8. The second-order valence-corrected chi connectivity index (χ2v) is 8.07. The second-order valence-electron chi connectivity index (χ2n) is 6.31. The Labute approximate surface area is 193 Å². The Kier molecular flexibility index (Phi) is 8.11. The Morgan fingerprint density at radius 3 is 2.58 bits per heavy atom. The number of nitrogens with one attached hydrogen (secondary N) is 2. The summed E-state index contributed by atoms with van der Waals surface area (Å²) in [7, 11) is 0. The summed E-state index contributed by atoms with van der Waals surface area (Å²) in [5.41, 5.74) is 1.11. The van der Waals surface area contributed by atoms with E-state index in [-0.39, 0.29) is 24.1 Å². The first-order valence-corrected chi connectivity index (χ1v) is 11.0. The lowest BCUT2D eigenvalue weighted by atomic mass is 10.2. The monoisotopic (exact) mass is 475 g/mol. The Morgan fingerprint density at radius 2 is 1.87 bits per heavy atom. The van der Waals surface area contributed by atoms with E-state index in [1.54, 1.807) is 53.1 Å². The minimum atomic E-state index is -0.226. The third kappa shape index (κ3) is 6.33. The summed E-state index contributed by atoms with van der Waals surface area (Å²) in [6.07, 6.45) is 1.70. The zero-order valence-electron chi connectivity index (χ0n) is 16.3. The van der Waals surface area contributed by atoms with E-state index in [0.29, 0.717) is 38.8 Å². The fourth-order valence-corrected chi connectivity index (χ4v) is 3.69. The van der Waals surface area contributed by atoms with Gasteiger partial charge in [-0.15, -0.1) is 16.8 Å². The number of anilines is 1. The number of benzene rings is 2. The van der Waals surface area contributed by atoms with Crippen molar-refractivity contribution in [3.63, 3.8) is 0 Å². The molecule has 10 heteroatoms.